The molecule has 0 aliphatic rings. The highest BCUT2D eigenvalue weighted by Gasteiger charge is 1.99. The molecule has 1 rings (SSSR count). The van der Waals surface area contributed by atoms with Gasteiger partial charge in [0.25, 0.3) is 0 Å². The van der Waals surface area contributed by atoms with Gasteiger partial charge in [0.05, 0.1) is 6.61 Å². The molecule has 14 heavy (non-hydrogen) atoms. The first-order valence-electron chi connectivity index (χ1n) is 4.44. The summed E-state index contributed by atoms with van der Waals surface area (Å²) in [7, 11) is 0. The van der Waals surface area contributed by atoms with Gasteiger partial charge in [0.15, 0.2) is 0 Å². The van der Waals surface area contributed by atoms with Crippen LogP contribution in [-0.4, -0.2) is 11.7 Å². The predicted molar refractivity (Wildman–Crippen MR) is 62.3 cm³/mol. The van der Waals surface area contributed by atoms with Crippen LogP contribution in [0.1, 0.15) is 6.92 Å². The molecule has 1 N–H and O–H groups in total. The molecule has 0 bridgehead atoms. The number of rotatable bonds is 4. The lowest BCUT2D eigenvalue weighted by Crippen LogP contribution is -1.82. The van der Waals surface area contributed by atoms with Crippen molar-refractivity contribution in [2.45, 2.75) is 11.8 Å². The Morgan fingerprint density at radius 1 is 1.43 bits per heavy atom. The molecule has 74 valence electrons. The summed E-state index contributed by atoms with van der Waals surface area (Å²) in [6.07, 6.45) is 1.76. The van der Waals surface area contributed by atoms with E-state index in [0.717, 1.165) is 10.5 Å². The molecular weight excluding hydrogens is 192 g/mol. The largest absolute Gasteiger partial charge is 0.392 e. The van der Waals surface area contributed by atoms with Crippen molar-refractivity contribution >= 4 is 11.8 Å². The topological polar surface area (TPSA) is 20.2 Å². The number of hydrogen-bond donors (Lipinski definition) is 1. The second-order valence-electron chi connectivity index (χ2n) is 2.91. The van der Waals surface area contributed by atoms with E-state index >= 15 is 0 Å². The van der Waals surface area contributed by atoms with Crippen LogP contribution in [0.4, 0.5) is 0 Å². The maximum Gasteiger partial charge on any atom is 0.0618 e. The van der Waals surface area contributed by atoms with E-state index in [9.17, 15) is 0 Å². The summed E-state index contributed by atoms with van der Waals surface area (Å²) in [5, 5.41) is 8.72. The molecule has 0 radical (unpaired) electrons. The van der Waals surface area contributed by atoms with Gasteiger partial charge in [0, 0.05) is 9.80 Å². The number of thioether (sulfide) groups is 1. The molecule has 2 heteroatoms. The van der Waals surface area contributed by atoms with Gasteiger partial charge in [-0.3, -0.25) is 0 Å². The fraction of sp³-hybridized carbons (Fsp3) is 0.167. The van der Waals surface area contributed by atoms with Crippen molar-refractivity contribution in [1.29, 1.82) is 0 Å². The molecule has 0 saturated carbocycles. The Hall–Kier alpha value is -0.990. The number of hydrogen-bond acceptors (Lipinski definition) is 2. The highest BCUT2D eigenvalue weighted by atomic mass is 32.2. The zero-order chi connectivity index (χ0) is 10.4. The highest BCUT2D eigenvalue weighted by Crippen LogP contribution is 2.29. The summed E-state index contributed by atoms with van der Waals surface area (Å²) in [6.45, 7) is 5.97. The van der Waals surface area contributed by atoms with Gasteiger partial charge in [0.2, 0.25) is 0 Å². The Morgan fingerprint density at radius 3 is 2.64 bits per heavy atom. The number of allylic oxidation sites excluding steroid dienone is 1. The Balaban J connectivity index is 2.62. The average molecular weight is 206 g/mol. The summed E-state index contributed by atoms with van der Waals surface area (Å²) >= 11 is 1.62. The fourth-order valence-electron chi connectivity index (χ4n) is 0.962. The third-order valence-electron chi connectivity index (χ3n) is 1.82. The Labute approximate surface area is 89.2 Å². The molecule has 0 atom stereocenters. The van der Waals surface area contributed by atoms with E-state index in [0.29, 0.717) is 0 Å². The summed E-state index contributed by atoms with van der Waals surface area (Å²) in [4.78, 5) is 2.15. The summed E-state index contributed by atoms with van der Waals surface area (Å²) in [5.74, 6) is 0. The van der Waals surface area contributed by atoms with E-state index in [2.05, 4.69) is 6.58 Å². The van der Waals surface area contributed by atoms with Crippen LogP contribution in [0, 0.1) is 0 Å². The molecule has 0 amide bonds. The number of benzene rings is 1. The number of aliphatic hydroxyl groups is 1. The van der Waals surface area contributed by atoms with Crippen molar-refractivity contribution in [3.63, 3.8) is 0 Å². The van der Waals surface area contributed by atoms with E-state index in [1.807, 2.05) is 37.3 Å². The van der Waals surface area contributed by atoms with Gasteiger partial charge >= 0.3 is 0 Å². The molecule has 0 heterocycles. The van der Waals surface area contributed by atoms with Crippen LogP contribution in [0.15, 0.2) is 58.4 Å². The standard InChI is InChI=1S/C12H14OS/c1-10(8-9-13)11(2)14-12-6-4-3-5-7-12/h3-8,13H,2,9H2,1H3/b10-8+. The normalized spacial score (nSPS) is 11.4. The van der Waals surface area contributed by atoms with Crippen molar-refractivity contribution in [2.75, 3.05) is 6.61 Å². The maximum absolute atomic E-state index is 8.72. The van der Waals surface area contributed by atoms with Crippen LogP contribution >= 0.6 is 11.8 Å². The van der Waals surface area contributed by atoms with Crippen LogP contribution in [0.25, 0.3) is 0 Å². The van der Waals surface area contributed by atoms with Crippen molar-refractivity contribution in [2.24, 2.45) is 0 Å². The van der Waals surface area contributed by atoms with Crippen molar-refractivity contribution < 1.29 is 5.11 Å². The third kappa shape index (κ3) is 3.40. The smallest absolute Gasteiger partial charge is 0.0618 e. The number of aliphatic hydroxyl groups excluding tert-OH is 1. The van der Waals surface area contributed by atoms with Crippen LogP contribution < -0.4 is 0 Å². The molecule has 0 aromatic heterocycles. The summed E-state index contributed by atoms with van der Waals surface area (Å²) in [6, 6.07) is 10.1. The lowest BCUT2D eigenvalue weighted by atomic mass is 10.3. The fourth-order valence-corrected chi connectivity index (χ4v) is 1.78. The molecular formula is C12H14OS. The molecule has 0 saturated heterocycles. The first-order valence-corrected chi connectivity index (χ1v) is 5.25. The van der Waals surface area contributed by atoms with Crippen LogP contribution in [-0.2, 0) is 0 Å². The van der Waals surface area contributed by atoms with Crippen molar-refractivity contribution in [3.05, 3.63) is 53.5 Å². The molecule has 0 unspecified atom stereocenters. The first kappa shape index (κ1) is 11.1. The van der Waals surface area contributed by atoms with Crippen molar-refractivity contribution in [3.8, 4) is 0 Å². The molecule has 1 aromatic carbocycles. The van der Waals surface area contributed by atoms with Gasteiger partial charge in [-0.2, -0.15) is 0 Å². The van der Waals surface area contributed by atoms with Gasteiger partial charge in [-0.05, 0) is 24.6 Å². The van der Waals surface area contributed by atoms with E-state index in [1.165, 1.54) is 4.90 Å². The second-order valence-corrected chi connectivity index (χ2v) is 4.08. The lowest BCUT2D eigenvalue weighted by molar-refractivity contribution is 0.342. The Morgan fingerprint density at radius 2 is 2.07 bits per heavy atom. The van der Waals surface area contributed by atoms with Gasteiger partial charge in [0.1, 0.15) is 0 Å². The van der Waals surface area contributed by atoms with Crippen LogP contribution in [0.5, 0.6) is 0 Å². The van der Waals surface area contributed by atoms with Gasteiger partial charge < -0.3 is 5.11 Å². The van der Waals surface area contributed by atoms with Crippen LogP contribution in [0.3, 0.4) is 0 Å². The Bertz CT molecular complexity index is 327. The van der Waals surface area contributed by atoms with Gasteiger partial charge in [-0.1, -0.05) is 42.6 Å². The quantitative estimate of drug-likeness (QED) is 0.603. The van der Waals surface area contributed by atoms with E-state index in [4.69, 9.17) is 5.11 Å². The zero-order valence-corrected chi connectivity index (χ0v) is 9.05. The monoisotopic (exact) mass is 206 g/mol. The minimum atomic E-state index is 0.0696. The first-order chi connectivity index (χ1) is 6.74. The molecule has 1 aromatic rings. The lowest BCUT2D eigenvalue weighted by Gasteiger charge is -2.04. The minimum absolute atomic E-state index is 0.0696. The maximum atomic E-state index is 8.72. The molecule has 1 nitrogen and oxygen atoms in total. The second kappa shape index (κ2) is 5.68. The highest BCUT2D eigenvalue weighted by molar-refractivity contribution is 8.03. The Kier molecular flexibility index (Phi) is 4.50. The summed E-state index contributed by atoms with van der Waals surface area (Å²) in [5.41, 5.74) is 1.03. The van der Waals surface area contributed by atoms with E-state index in [1.54, 1.807) is 17.8 Å². The van der Waals surface area contributed by atoms with Crippen molar-refractivity contribution in [1.82, 2.24) is 0 Å². The minimum Gasteiger partial charge on any atom is -0.392 e. The van der Waals surface area contributed by atoms with Gasteiger partial charge in [-0.15, -0.1) is 0 Å². The van der Waals surface area contributed by atoms with Crippen LogP contribution in [0.2, 0.25) is 0 Å². The third-order valence-corrected chi connectivity index (χ3v) is 2.90. The summed E-state index contributed by atoms with van der Waals surface area (Å²) < 4.78 is 0. The van der Waals surface area contributed by atoms with Gasteiger partial charge in [-0.25, -0.2) is 0 Å². The molecule has 0 spiro atoms. The average Bonchev–Trinajstić information content (AvgIpc) is 2.19. The molecule has 0 aliphatic heterocycles. The zero-order valence-electron chi connectivity index (χ0n) is 8.23. The molecule has 0 fully saturated rings. The van der Waals surface area contributed by atoms with E-state index < -0.39 is 0 Å². The SMILES string of the molecule is C=C(Sc1ccccc1)/C(C)=C/CO. The van der Waals surface area contributed by atoms with E-state index in [-0.39, 0.29) is 6.61 Å². The molecule has 0 aliphatic carbocycles. The predicted octanol–water partition coefficient (Wildman–Crippen LogP) is 3.23.